The van der Waals surface area contributed by atoms with Crippen molar-refractivity contribution in [2.75, 3.05) is 31.1 Å². The van der Waals surface area contributed by atoms with Crippen molar-refractivity contribution in [1.82, 2.24) is 10.2 Å². The molecule has 2 fully saturated rings. The van der Waals surface area contributed by atoms with Crippen LogP contribution in [0.2, 0.25) is 0 Å². The smallest absolute Gasteiger partial charge is 0.317 e. The molecular weight excluding hydrogens is 293 g/mol. The molecule has 4 nitrogen and oxygen atoms in total. The Kier molecular flexibility index (Phi) is 4.74. The lowest BCUT2D eigenvalue weighted by atomic mass is 10.0. The van der Waals surface area contributed by atoms with Crippen LogP contribution in [-0.4, -0.2) is 43.2 Å². The van der Waals surface area contributed by atoms with Gasteiger partial charge in [0.15, 0.2) is 0 Å². The van der Waals surface area contributed by atoms with Crippen molar-refractivity contribution in [3.8, 4) is 0 Å². The predicted octanol–water partition coefficient (Wildman–Crippen LogP) is 3.15. The summed E-state index contributed by atoms with van der Waals surface area (Å²) in [6.45, 7) is 7.35. The second-order valence-corrected chi connectivity index (χ2v) is 7.03. The highest BCUT2D eigenvalue weighted by molar-refractivity contribution is 5.75. The van der Waals surface area contributed by atoms with Gasteiger partial charge in [-0.3, -0.25) is 0 Å². The molecule has 2 atom stereocenters. The lowest BCUT2D eigenvalue weighted by Crippen LogP contribution is -2.51. The molecule has 2 aliphatic rings. The molecule has 2 amide bonds. The van der Waals surface area contributed by atoms with Crippen molar-refractivity contribution in [2.45, 2.75) is 39.2 Å². The molecule has 126 valence electrons. The van der Waals surface area contributed by atoms with Gasteiger partial charge in [-0.15, -0.1) is 0 Å². The third-order valence-electron chi connectivity index (χ3n) is 4.90. The number of anilines is 1. The molecule has 2 unspecified atom stereocenters. The third-order valence-corrected chi connectivity index (χ3v) is 4.90. The summed E-state index contributed by atoms with van der Waals surface area (Å²) >= 11 is 0. The first-order chi connectivity index (χ1) is 11.0. The van der Waals surface area contributed by atoms with Crippen LogP contribution in [0.4, 0.5) is 14.9 Å². The lowest BCUT2D eigenvalue weighted by Gasteiger charge is -2.35. The van der Waals surface area contributed by atoms with E-state index < -0.39 is 0 Å². The summed E-state index contributed by atoms with van der Waals surface area (Å²) in [5, 5.41) is 3.14. The van der Waals surface area contributed by atoms with Crippen molar-refractivity contribution in [3.05, 3.63) is 29.6 Å². The van der Waals surface area contributed by atoms with E-state index in [2.05, 4.69) is 17.1 Å². The molecule has 2 aliphatic heterocycles. The number of nitrogens with one attached hydrogen (secondary N) is 1. The zero-order chi connectivity index (χ0) is 16.4. The number of hydrogen-bond donors (Lipinski definition) is 1. The average molecular weight is 319 g/mol. The van der Waals surface area contributed by atoms with Gasteiger partial charge in [0.05, 0.1) is 5.69 Å². The quantitative estimate of drug-likeness (QED) is 0.909. The van der Waals surface area contributed by atoms with E-state index in [1.165, 1.54) is 6.07 Å². The van der Waals surface area contributed by atoms with Crippen LogP contribution in [0.25, 0.3) is 0 Å². The Morgan fingerprint density at radius 3 is 2.83 bits per heavy atom. The molecular formula is C18H26FN3O. The van der Waals surface area contributed by atoms with Crippen LogP contribution in [0.1, 0.15) is 31.7 Å². The summed E-state index contributed by atoms with van der Waals surface area (Å²) < 4.78 is 14.1. The second-order valence-electron chi connectivity index (χ2n) is 7.03. The molecule has 2 saturated heterocycles. The number of aryl methyl sites for hydroxylation is 1. The fraction of sp³-hybridized carbons (Fsp3) is 0.611. The number of benzene rings is 1. The first-order valence-corrected chi connectivity index (χ1v) is 8.59. The van der Waals surface area contributed by atoms with Gasteiger partial charge in [0.1, 0.15) is 5.82 Å². The summed E-state index contributed by atoms with van der Waals surface area (Å²) in [5.74, 6) is 0.404. The van der Waals surface area contributed by atoms with Gasteiger partial charge in [0.25, 0.3) is 0 Å². The van der Waals surface area contributed by atoms with E-state index in [0.717, 1.165) is 44.5 Å². The number of likely N-dealkylation sites (tertiary alicyclic amines) is 1. The molecule has 0 spiro atoms. The highest BCUT2D eigenvalue weighted by atomic mass is 19.1. The van der Waals surface area contributed by atoms with E-state index in [1.807, 2.05) is 17.9 Å². The molecule has 1 aromatic carbocycles. The molecule has 0 aliphatic carbocycles. The zero-order valence-electron chi connectivity index (χ0n) is 14.0. The van der Waals surface area contributed by atoms with E-state index >= 15 is 0 Å². The standard InChI is InChI=1S/C18H26FN3O/c1-13-5-6-16(19)17(10-13)21-8-3-4-15(12-21)20-18(23)22-9-7-14(2)11-22/h5-6,10,14-15H,3-4,7-9,11-12H2,1-2H3,(H,20,23). The molecule has 0 aromatic heterocycles. The van der Waals surface area contributed by atoms with Crippen LogP contribution in [0.3, 0.4) is 0 Å². The van der Waals surface area contributed by atoms with E-state index in [0.29, 0.717) is 18.2 Å². The summed E-state index contributed by atoms with van der Waals surface area (Å²) in [5.41, 5.74) is 1.71. The Morgan fingerprint density at radius 1 is 1.26 bits per heavy atom. The van der Waals surface area contributed by atoms with Crippen molar-refractivity contribution < 1.29 is 9.18 Å². The molecule has 23 heavy (non-hydrogen) atoms. The number of carbonyl (C=O) groups excluding carboxylic acids is 1. The fourth-order valence-corrected chi connectivity index (χ4v) is 3.56. The highest BCUT2D eigenvalue weighted by Gasteiger charge is 2.27. The minimum Gasteiger partial charge on any atom is -0.367 e. The number of hydrogen-bond acceptors (Lipinski definition) is 2. The Bertz CT molecular complexity index is 577. The third kappa shape index (κ3) is 3.77. The fourth-order valence-electron chi connectivity index (χ4n) is 3.56. The lowest BCUT2D eigenvalue weighted by molar-refractivity contribution is 0.201. The molecule has 1 aromatic rings. The van der Waals surface area contributed by atoms with Crippen LogP contribution < -0.4 is 10.2 Å². The normalized spacial score (nSPS) is 24.8. The molecule has 0 radical (unpaired) electrons. The number of urea groups is 1. The minimum absolute atomic E-state index is 0.0333. The van der Waals surface area contributed by atoms with Gasteiger partial charge < -0.3 is 15.1 Å². The van der Waals surface area contributed by atoms with Gasteiger partial charge in [0, 0.05) is 32.2 Å². The molecule has 1 N–H and O–H groups in total. The largest absolute Gasteiger partial charge is 0.367 e. The summed E-state index contributed by atoms with van der Waals surface area (Å²) in [7, 11) is 0. The number of halogens is 1. The second kappa shape index (κ2) is 6.77. The Morgan fingerprint density at radius 2 is 2.09 bits per heavy atom. The zero-order valence-corrected chi connectivity index (χ0v) is 14.0. The number of piperidine rings is 1. The van der Waals surface area contributed by atoms with Gasteiger partial charge >= 0.3 is 6.03 Å². The minimum atomic E-state index is -0.184. The first-order valence-electron chi connectivity index (χ1n) is 8.59. The molecule has 0 bridgehead atoms. The molecule has 5 heteroatoms. The van der Waals surface area contributed by atoms with Crippen LogP contribution in [-0.2, 0) is 0 Å². The number of amides is 2. The maximum atomic E-state index is 14.1. The van der Waals surface area contributed by atoms with Gasteiger partial charge in [0.2, 0.25) is 0 Å². The monoisotopic (exact) mass is 319 g/mol. The number of nitrogens with zero attached hydrogens (tertiary/aromatic N) is 2. The predicted molar refractivity (Wildman–Crippen MR) is 90.3 cm³/mol. The first kappa shape index (κ1) is 16.1. The van der Waals surface area contributed by atoms with Gasteiger partial charge in [-0.25, -0.2) is 9.18 Å². The SMILES string of the molecule is Cc1ccc(F)c(N2CCCC(NC(=O)N3CCC(C)C3)C2)c1. The van der Waals surface area contributed by atoms with Crippen molar-refractivity contribution >= 4 is 11.7 Å². The van der Waals surface area contributed by atoms with E-state index in [9.17, 15) is 9.18 Å². The van der Waals surface area contributed by atoms with Gasteiger partial charge in [-0.05, 0) is 49.8 Å². The van der Waals surface area contributed by atoms with Crippen LogP contribution >= 0.6 is 0 Å². The van der Waals surface area contributed by atoms with Crippen LogP contribution in [0.15, 0.2) is 18.2 Å². The molecule has 0 saturated carbocycles. The molecule has 2 heterocycles. The van der Waals surface area contributed by atoms with E-state index in [1.54, 1.807) is 6.07 Å². The highest BCUT2D eigenvalue weighted by Crippen LogP contribution is 2.24. The summed E-state index contributed by atoms with van der Waals surface area (Å²) in [6, 6.07) is 5.33. The van der Waals surface area contributed by atoms with Crippen LogP contribution in [0, 0.1) is 18.7 Å². The maximum absolute atomic E-state index is 14.1. The van der Waals surface area contributed by atoms with Crippen molar-refractivity contribution in [3.63, 3.8) is 0 Å². The Hall–Kier alpha value is -1.78. The number of rotatable bonds is 2. The van der Waals surface area contributed by atoms with E-state index in [4.69, 9.17) is 0 Å². The van der Waals surface area contributed by atoms with Crippen LogP contribution in [0.5, 0.6) is 0 Å². The molecule has 3 rings (SSSR count). The maximum Gasteiger partial charge on any atom is 0.317 e. The summed E-state index contributed by atoms with van der Waals surface area (Å²) in [6.07, 6.45) is 3.01. The Balaban J connectivity index is 1.62. The van der Waals surface area contributed by atoms with E-state index in [-0.39, 0.29) is 17.9 Å². The van der Waals surface area contributed by atoms with Crippen molar-refractivity contribution in [1.29, 1.82) is 0 Å². The topological polar surface area (TPSA) is 35.6 Å². The van der Waals surface area contributed by atoms with Gasteiger partial charge in [-0.2, -0.15) is 0 Å². The Labute approximate surface area is 137 Å². The summed E-state index contributed by atoms with van der Waals surface area (Å²) in [4.78, 5) is 16.3. The number of carbonyl (C=O) groups is 1. The average Bonchev–Trinajstić information content (AvgIpc) is 2.97. The van der Waals surface area contributed by atoms with Gasteiger partial charge in [-0.1, -0.05) is 13.0 Å². The van der Waals surface area contributed by atoms with Crippen molar-refractivity contribution in [2.24, 2.45) is 5.92 Å².